The van der Waals surface area contributed by atoms with Crippen molar-refractivity contribution in [2.24, 2.45) is 0 Å². The number of rotatable bonds is 3. The summed E-state index contributed by atoms with van der Waals surface area (Å²) in [5, 5.41) is 0. The molecule has 0 saturated carbocycles. The summed E-state index contributed by atoms with van der Waals surface area (Å²) < 4.78 is 37.2. The Kier molecular flexibility index (Phi) is 4.47. The van der Waals surface area contributed by atoms with Crippen LogP contribution in [0.25, 0.3) is 0 Å². The summed E-state index contributed by atoms with van der Waals surface area (Å²) >= 11 is 0. The zero-order chi connectivity index (χ0) is 17.3. The van der Waals surface area contributed by atoms with Crippen LogP contribution in [0.4, 0.5) is 0 Å². The van der Waals surface area contributed by atoms with Crippen LogP contribution in [-0.2, 0) is 24.3 Å². The summed E-state index contributed by atoms with van der Waals surface area (Å²) in [6.07, 6.45) is 3.30. The largest absolute Gasteiger partial charge is 0.466 e. The molecule has 2 heterocycles. The van der Waals surface area contributed by atoms with E-state index in [1.807, 2.05) is 6.92 Å². The van der Waals surface area contributed by atoms with Crippen LogP contribution < -0.4 is 0 Å². The van der Waals surface area contributed by atoms with Gasteiger partial charge in [-0.25, -0.2) is 13.2 Å². The number of aryl methyl sites for hydroxylation is 1. The Hall–Kier alpha value is -2.12. The minimum absolute atomic E-state index is 0.176. The molecule has 1 atom stereocenters. The van der Waals surface area contributed by atoms with Gasteiger partial charge in [-0.1, -0.05) is 17.7 Å². The number of carbonyl (C=O) groups is 1. The van der Waals surface area contributed by atoms with Crippen LogP contribution in [-0.4, -0.2) is 45.1 Å². The van der Waals surface area contributed by atoms with Crippen molar-refractivity contribution in [2.45, 2.75) is 24.3 Å². The highest BCUT2D eigenvalue weighted by Gasteiger charge is 2.34. The lowest BCUT2D eigenvalue weighted by atomic mass is 10.0. The van der Waals surface area contributed by atoms with Crippen LogP contribution in [0.2, 0.25) is 0 Å². The number of methoxy groups -OCH3 is 1. The Bertz CT molecular complexity index is 808. The first kappa shape index (κ1) is 16.7. The van der Waals surface area contributed by atoms with Crippen molar-refractivity contribution >= 4 is 16.0 Å². The third kappa shape index (κ3) is 3.09. The minimum atomic E-state index is -3.62. The number of ether oxygens (including phenoxy) is 2. The first-order valence-corrected chi connectivity index (χ1v) is 9.06. The van der Waals surface area contributed by atoms with Crippen LogP contribution in [0.5, 0.6) is 0 Å². The average molecular weight is 349 g/mol. The summed E-state index contributed by atoms with van der Waals surface area (Å²) in [5.41, 5.74) is 2.39. The van der Waals surface area contributed by atoms with Gasteiger partial charge in [0.1, 0.15) is 0 Å². The van der Waals surface area contributed by atoms with Crippen molar-refractivity contribution in [3.8, 4) is 0 Å². The summed E-state index contributed by atoms with van der Waals surface area (Å²) in [6, 6.07) is 6.75. The van der Waals surface area contributed by atoms with Crippen LogP contribution in [0.3, 0.4) is 0 Å². The van der Waals surface area contributed by atoms with Gasteiger partial charge in [-0.15, -0.1) is 0 Å². The summed E-state index contributed by atoms with van der Waals surface area (Å²) in [7, 11) is -2.32. The van der Waals surface area contributed by atoms with Crippen LogP contribution in [0.15, 0.2) is 52.6 Å². The Morgan fingerprint density at radius 3 is 2.71 bits per heavy atom. The van der Waals surface area contributed by atoms with Crippen LogP contribution in [0, 0.1) is 6.92 Å². The topological polar surface area (TPSA) is 72.9 Å². The molecule has 7 heteroatoms. The number of benzene rings is 1. The first-order valence-electron chi connectivity index (χ1n) is 7.62. The molecule has 0 spiro atoms. The lowest BCUT2D eigenvalue weighted by molar-refractivity contribution is -0.134. The van der Waals surface area contributed by atoms with Gasteiger partial charge >= 0.3 is 5.97 Å². The molecule has 0 aliphatic carbocycles. The fourth-order valence-corrected chi connectivity index (χ4v) is 4.15. The molecule has 0 radical (unpaired) electrons. The highest BCUT2D eigenvalue weighted by atomic mass is 32.2. The number of fused-ring (bicyclic) bond motifs is 1. The van der Waals surface area contributed by atoms with E-state index in [2.05, 4.69) is 4.74 Å². The summed E-state index contributed by atoms with van der Waals surface area (Å²) in [6.45, 7) is 2.53. The number of hydrogen-bond acceptors (Lipinski definition) is 5. The molecule has 1 fully saturated rings. The van der Waals surface area contributed by atoms with Gasteiger partial charge < -0.3 is 9.47 Å². The lowest BCUT2D eigenvalue weighted by Crippen LogP contribution is -2.34. The molecule has 128 valence electrons. The van der Waals surface area contributed by atoms with E-state index in [1.54, 1.807) is 30.5 Å². The van der Waals surface area contributed by atoms with Crippen molar-refractivity contribution in [2.75, 3.05) is 20.3 Å². The molecule has 2 aliphatic heterocycles. The van der Waals surface area contributed by atoms with Gasteiger partial charge in [-0.2, -0.15) is 0 Å². The predicted octanol–water partition coefficient (Wildman–Crippen LogP) is 1.77. The maximum atomic E-state index is 12.8. The molecule has 1 aromatic rings. The van der Waals surface area contributed by atoms with E-state index in [-0.39, 0.29) is 17.6 Å². The summed E-state index contributed by atoms with van der Waals surface area (Å²) in [5.74, 6) is -0.478. The van der Waals surface area contributed by atoms with E-state index in [4.69, 9.17) is 4.74 Å². The van der Waals surface area contributed by atoms with E-state index >= 15 is 0 Å². The number of esters is 1. The van der Waals surface area contributed by atoms with Gasteiger partial charge in [0.15, 0.2) is 0 Å². The highest BCUT2D eigenvalue weighted by Crippen LogP contribution is 2.33. The molecular weight excluding hydrogens is 330 g/mol. The minimum Gasteiger partial charge on any atom is -0.466 e. The van der Waals surface area contributed by atoms with Gasteiger partial charge in [-0.3, -0.25) is 4.31 Å². The van der Waals surface area contributed by atoms with Crippen molar-refractivity contribution in [3.05, 3.63) is 53.3 Å². The second-order valence-corrected chi connectivity index (χ2v) is 7.68. The fourth-order valence-electron chi connectivity index (χ4n) is 2.80. The molecule has 0 N–H and O–H groups in total. The normalized spacial score (nSPS) is 22.2. The Morgan fingerprint density at radius 2 is 2.04 bits per heavy atom. The van der Waals surface area contributed by atoms with E-state index in [9.17, 15) is 13.2 Å². The smallest absolute Gasteiger partial charge is 0.330 e. The monoisotopic (exact) mass is 349 g/mol. The zero-order valence-corrected chi connectivity index (χ0v) is 14.4. The molecule has 24 heavy (non-hydrogen) atoms. The molecule has 0 bridgehead atoms. The predicted molar refractivity (Wildman–Crippen MR) is 87.6 cm³/mol. The van der Waals surface area contributed by atoms with Crippen molar-refractivity contribution in [1.82, 2.24) is 4.31 Å². The summed E-state index contributed by atoms with van der Waals surface area (Å²) in [4.78, 5) is 11.7. The van der Waals surface area contributed by atoms with Gasteiger partial charge in [0, 0.05) is 24.4 Å². The second kappa shape index (κ2) is 6.41. The molecule has 3 rings (SSSR count). The molecule has 2 aliphatic rings. The van der Waals surface area contributed by atoms with Crippen LogP contribution in [0.1, 0.15) is 12.0 Å². The lowest BCUT2D eigenvalue weighted by Gasteiger charge is -2.28. The maximum absolute atomic E-state index is 12.8. The number of hydrogen-bond donors (Lipinski definition) is 0. The quantitative estimate of drug-likeness (QED) is 0.614. The fraction of sp³-hybridized carbons (Fsp3) is 0.353. The van der Waals surface area contributed by atoms with Crippen molar-refractivity contribution < 1.29 is 22.7 Å². The van der Waals surface area contributed by atoms with Crippen molar-refractivity contribution in [1.29, 1.82) is 0 Å². The number of sulfonamides is 1. The molecule has 1 aromatic carbocycles. The number of carbonyl (C=O) groups excluding carboxylic acids is 1. The zero-order valence-electron chi connectivity index (χ0n) is 13.6. The van der Waals surface area contributed by atoms with Gasteiger partial charge in [0.25, 0.3) is 10.0 Å². The van der Waals surface area contributed by atoms with Gasteiger partial charge in [-0.05, 0) is 31.1 Å². The van der Waals surface area contributed by atoms with Gasteiger partial charge in [0.05, 0.1) is 24.7 Å². The van der Waals surface area contributed by atoms with Crippen molar-refractivity contribution in [3.63, 3.8) is 0 Å². The molecule has 1 unspecified atom stereocenters. The van der Waals surface area contributed by atoms with E-state index in [0.29, 0.717) is 18.5 Å². The standard InChI is InChI=1S/C17H19NO5S/c1-12-3-5-14(6-4-12)24(20,21)18-8-7-16-15(10-18)13(11-23-16)9-17(19)22-2/h3-6,9-10,16H,7-8,11H2,1-2H3/b13-9+. The Balaban J connectivity index is 1.94. The van der Waals surface area contributed by atoms with Crippen LogP contribution >= 0.6 is 0 Å². The maximum Gasteiger partial charge on any atom is 0.330 e. The first-order chi connectivity index (χ1) is 11.4. The molecule has 6 nitrogen and oxygen atoms in total. The number of nitrogens with zero attached hydrogens (tertiary/aromatic N) is 1. The third-order valence-electron chi connectivity index (χ3n) is 4.17. The van der Waals surface area contributed by atoms with E-state index in [1.165, 1.54) is 17.5 Å². The second-order valence-electron chi connectivity index (χ2n) is 5.79. The Morgan fingerprint density at radius 1 is 1.33 bits per heavy atom. The van der Waals surface area contributed by atoms with E-state index in [0.717, 1.165) is 11.1 Å². The molecular formula is C17H19NO5S. The Labute approximate surface area is 141 Å². The van der Waals surface area contributed by atoms with Gasteiger partial charge in [0.2, 0.25) is 0 Å². The SMILES string of the molecule is COC(=O)/C=C1\COC2CCN(S(=O)(=O)c3ccc(C)cc3)C=C12. The molecule has 0 amide bonds. The molecule has 1 saturated heterocycles. The molecule has 0 aromatic heterocycles. The highest BCUT2D eigenvalue weighted by molar-refractivity contribution is 7.89. The third-order valence-corrected chi connectivity index (χ3v) is 5.95. The van der Waals surface area contributed by atoms with E-state index < -0.39 is 16.0 Å². The average Bonchev–Trinajstić information content (AvgIpc) is 2.97.